The van der Waals surface area contributed by atoms with E-state index in [4.69, 9.17) is 0 Å². The van der Waals surface area contributed by atoms with Crippen LogP contribution in [0.4, 0.5) is 0 Å². The maximum Gasteiger partial charge on any atom is 0.243 e. The maximum atomic E-state index is 11.8. The minimum atomic E-state index is -0.0482. The molecule has 0 aliphatic rings. The Bertz CT molecular complexity index is 726. The Labute approximate surface area is 159 Å². The lowest BCUT2D eigenvalue weighted by Crippen LogP contribution is -2.41. The van der Waals surface area contributed by atoms with Crippen molar-refractivity contribution in [2.45, 2.75) is 26.3 Å². The van der Waals surface area contributed by atoms with Crippen LogP contribution in [-0.4, -0.2) is 70.2 Å². The Morgan fingerprint density at radius 3 is 2.78 bits per heavy atom. The summed E-state index contributed by atoms with van der Waals surface area (Å²) in [6.07, 6.45) is 5.11. The first-order valence-electron chi connectivity index (χ1n) is 9.09. The number of hydrogen-bond donors (Lipinski definition) is 2. The molecule has 2 heterocycles. The third-order valence-corrected chi connectivity index (χ3v) is 3.93. The van der Waals surface area contributed by atoms with Crippen LogP contribution in [0, 0.1) is 0 Å². The van der Waals surface area contributed by atoms with Crippen molar-refractivity contribution in [1.29, 1.82) is 0 Å². The first-order chi connectivity index (χ1) is 13.1. The van der Waals surface area contributed by atoms with Crippen molar-refractivity contribution in [3.63, 3.8) is 0 Å². The Kier molecular flexibility index (Phi) is 8.21. The number of aryl methyl sites for hydroxylation is 1. The van der Waals surface area contributed by atoms with Gasteiger partial charge in [-0.05, 0) is 12.1 Å². The fourth-order valence-electron chi connectivity index (χ4n) is 2.35. The van der Waals surface area contributed by atoms with Crippen LogP contribution in [0.25, 0.3) is 0 Å². The van der Waals surface area contributed by atoms with E-state index in [1.54, 1.807) is 26.6 Å². The molecule has 9 nitrogen and oxygen atoms in total. The molecule has 0 aliphatic heterocycles. The number of hydrogen-bond acceptors (Lipinski definition) is 5. The van der Waals surface area contributed by atoms with Gasteiger partial charge >= 0.3 is 0 Å². The Morgan fingerprint density at radius 2 is 2.07 bits per heavy atom. The van der Waals surface area contributed by atoms with Crippen LogP contribution in [0.15, 0.2) is 35.7 Å². The lowest BCUT2D eigenvalue weighted by molar-refractivity contribution is -0.127. The van der Waals surface area contributed by atoms with Gasteiger partial charge in [-0.3, -0.25) is 9.78 Å². The zero-order valence-electron chi connectivity index (χ0n) is 16.2. The van der Waals surface area contributed by atoms with E-state index < -0.39 is 0 Å². The van der Waals surface area contributed by atoms with Gasteiger partial charge in [0.15, 0.2) is 5.96 Å². The molecular formula is C18H28N8O. The quantitative estimate of drug-likeness (QED) is 0.478. The minimum absolute atomic E-state index is 0.0482. The molecule has 146 valence electrons. The van der Waals surface area contributed by atoms with Gasteiger partial charge in [0.25, 0.3) is 0 Å². The van der Waals surface area contributed by atoms with E-state index in [0.29, 0.717) is 19.0 Å². The highest BCUT2D eigenvalue weighted by molar-refractivity contribution is 5.84. The van der Waals surface area contributed by atoms with Crippen molar-refractivity contribution in [1.82, 2.24) is 35.3 Å². The molecule has 2 aromatic rings. The van der Waals surface area contributed by atoms with Crippen molar-refractivity contribution >= 4 is 11.9 Å². The molecule has 0 saturated heterocycles. The van der Waals surface area contributed by atoms with Gasteiger partial charge in [-0.25, -0.2) is 4.99 Å². The van der Waals surface area contributed by atoms with Gasteiger partial charge in [-0.15, -0.1) is 10.2 Å². The van der Waals surface area contributed by atoms with Gasteiger partial charge in [-0.1, -0.05) is 13.0 Å². The molecular weight excluding hydrogens is 344 g/mol. The smallest absolute Gasteiger partial charge is 0.243 e. The molecule has 0 bridgehead atoms. The fourth-order valence-corrected chi connectivity index (χ4v) is 2.35. The van der Waals surface area contributed by atoms with Gasteiger partial charge in [0.05, 0.1) is 0 Å². The number of amides is 1. The molecule has 0 atom stereocenters. The second-order valence-corrected chi connectivity index (χ2v) is 6.17. The molecule has 0 aliphatic carbocycles. The highest BCUT2D eigenvalue weighted by atomic mass is 16.2. The molecule has 1 amide bonds. The van der Waals surface area contributed by atoms with Crippen LogP contribution in [0.3, 0.4) is 0 Å². The summed E-state index contributed by atoms with van der Waals surface area (Å²) in [6.45, 7) is 4.19. The standard InChI is InChI=1S/C18H28N8O/c1-4-16-24-23-14-26(16)12-11-21-18(22-13-17(27)25(2)3)20-10-8-15-7-5-6-9-19-15/h5-7,9,14H,4,8,10-13H2,1-3H3,(H2,20,21,22). The van der Waals surface area contributed by atoms with E-state index in [0.717, 1.165) is 30.9 Å². The lowest BCUT2D eigenvalue weighted by atomic mass is 10.3. The van der Waals surface area contributed by atoms with E-state index in [2.05, 4.69) is 30.8 Å². The summed E-state index contributed by atoms with van der Waals surface area (Å²) in [5, 5.41) is 14.5. The number of pyridine rings is 1. The number of rotatable bonds is 9. The van der Waals surface area contributed by atoms with Gasteiger partial charge in [-0.2, -0.15) is 0 Å². The maximum absolute atomic E-state index is 11.8. The second kappa shape index (κ2) is 10.9. The zero-order valence-corrected chi connectivity index (χ0v) is 16.2. The number of carbonyl (C=O) groups excluding carboxylic acids is 1. The van der Waals surface area contributed by atoms with Crippen LogP contribution in [0.5, 0.6) is 0 Å². The first-order valence-corrected chi connectivity index (χ1v) is 9.09. The van der Waals surface area contributed by atoms with E-state index >= 15 is 0 Å². The summed E-state index contributed by atoms with van der Waals surface area (Å²) >= 11 is 0. The minimum Gasteiger partial charge on any atom is -0.356 e. The summed E-state index contributed by atoms with van der Waals surface area (Å²) in [5.74, 6) is 1.50. The molecule has 2 rings (SSSR count). The third-order valence-electron chi connectivity index (χ3n) is 3.93. The predicted molar refractivity (Wildman–Crippen MR) is 104 cm³/mol. The molecule has 2 N–H and O–H groups in total. The van der Waals surface area contributed by atoms with Crippen LogP contribution >= 0.6 is 0 Å². The highest BCUT2D eigenvalue weighted by Gasteiger charge is 2.06. The fraction of sp³-hybridized carbons (Fsp3) is 0.500. The molecule has 9 heteroatoms. The largest absolute Gasteiger partial charge is 0.356 e. The van der Waals surface area contributed by atoms with Crippen molar-refractivity contribution in [3.8, 4) is 0 Å². The molecule has 0 radical (unpaired) electrons. The lowest BCUT2D eigenvalue weighted by Gasteiger charge is -2.14. The molecule has 0 saturated carbocycles. The number of aromatic nitrogens is 4. The third kappa shape index (κ3) is 7.04. The van der Waals surface area contributed by atoms with Gasteiger partial charge in [0, 0.05) is 58.5 Å². The summed E-state index contributed by atoms with van der Waals surface area (Å²) in [4.78, 5) is 22.0. The van der Waals surface area contributed by atoms with Crippen LogP contribution in [-0.2, 0) is 24.2 Å². The van der Waals surface area contributed by atoms with Gasteiger partial charge in [0.2, 0.25) is 5.91 Å². The van der Waals surface area contributed by atoms with E-state index in [-0.39, 0.29) is 12.5 Å². The van der Waals surface area contributed by atoms with E-state index in [9.17, 15) is 4.79 Å². The average Bonchev–Trinajstić information content (AvgIpc) is 3.13. The number of nitrogens with zero attached hydrogens (tertiary/aromatic N) is 6. The Balaban J connectivity index is 1.88. The number of likely N-dealkylation sites (N-methyl/N-ethyl adjacent to an activating group) is 1. The summed E-state index contributed by atoms with van der Waals surface area (Å²) in [7, 11) is 3.44. The van der Waals surface area contributed by atoms with Crippen LogP contribution in [0.2, 0.25) is 0 Å². The Morgan fingerprint density at radius 1 is 1.26 bits per heavy atom. The van der Waals surface area contributed by atoms with Gasteiger partial charge in [0.1, 0.15) is 18.7 Å². The average molecular weight is 372 g/mol. The number of guanidine groups is 1. The second-order valence-electron chi connectivity index (χ2n) is 6.17. The number of nitrogens with one attached hydrogen (secondary N) is 2. The highest BCUT2D eigenvalue weighted by Crippen LogP contribution is 1.95. The first kappa shape index (κ1) is 20.3. The summed E-state index contributed by atoms with van der Waals surface area (Å²) < 4.78 is 2.00. The van der Waals surface area contributed by atoms with Crippen molar-refractivity contribution < 1.29 is 4.79 Å². The summed E-state index contributed by atoms with van der Waals surface area (Å²) in [6, 6.07) is 5.85. The van der Waals surface area contributed by atoms with Crippen LogP contribution < -0.4 is 10.6 Å². The topological polar surface area (TPSA) is 100 Å². The van der Waals surface area contributed by atoms with E-state index in [1.807, 2.05) is 29.7 Å². The molecule has 0 spiro atoms. The van der Waals surface area contributed by atoms with Crippen molar-refractivity contribution in [2.24, 2.45) is 4.99 Å². The number of carbonyl (C=O) groups is 1. The molecule has 27 heavy (non-hydrogen) atoms. The molecule has 0 unspecified atom stereocenters. The molecule has 0 fully saturated rings. The summed E-state index contributed by atoms with van der Waals surface area (Å²) in [5.41, 5.74) is 1.01. The molecule has 2 aromatic heterocycles. The Hall–Kier alpha value is -2.97. The van der Waals surface area contributed by atoms with E-state index in [1.165, 1.54) is 4.90 Å². The molecule has 0 aromatic carbocycles. The normalized spacial score (nSPS) is 11.3. The van der Waals surface area contributed by atoms with Crippen molar-refractivity contribution in [2.75, 3.05) is 33.7 Å². The van der Waals surface area contributed by atoms with Crippen molar-refractivity contribution in [3.05, 3.63) is 42.2 Å². The predicted octanol–water partition coefficient (Wildman–Crippen LogP) is 0.102. The zero-order chi connectivity index (χ0) is 19.5. The SMILES string of the molecule is CCc1nncn1CCNC(=NCC(=O)N(C)C)NCCc1ccccn1. The van der Waals surface area contributed by atoms with Gasteiger partial charge < -0.3 is 20.1 Å². The monoisotopic (exact) mass is 372 g/mol. The van der Waals surface area contributed by atoms with Crippen LogP contribution in [0.1, 0.15) is 18.4 Å². The number of aliphatic imine (C=N–C) groups is 1.